The lowest BCUT2D eigenvalue weighted by atomic mass is 9.64. The number of fused-ring (bicyclic) bond motifs is 14. The summed E-state index contributed by atoms with van der Waals surface area (Å²) in [5, 5.41) is 0. The first-order chi connectivity index (χ1) is 12.3. The second-order valence-corrected chi connectivity index (χ2v) is 10.7. The van der Waals surface area contributed by atoms with Crippen LogP contribution in [-0.4, -0.2) is 12.1 Å². The molecule has 0 saturated heterocycles. The van der Waals surface area contributed by atoms with Gasteiger partial charge in [0, 0.05) is 0 Å². The molecule has 0 amide bonds. The number of allylic oxidation sites excluding steroid dienone is 2. The number of rotatable bonds is 2. The van der Waals surface area contributed by atoms with Gasteiger partial charge in [-0.15, -0.1) is 0 Å². The monoisotopic (exact) mass is 338 g/mol. The van der Waals surface area contributed by atoms with Gasteiger partial charge in [0.2, 0.25) is 0 Å². The molecule has 0 N–H and O–H groups in total. The van der Waals surface area contributed by atoms with E-state index in [-0.39, 0.29) is 18.0 Å². The molecule has 7 rings (SSSR count). The highest BCUT2D eigenvalue weighted by Crippen LogP contribution is 2.73. The molecule has 12 atom stereocenters. The lowest BCUT2D eigenvalue weighted by molar-refractivity contribution is -0.160. The Morgan fingerprint density at radius 3 is 2.40 bits per heavy atom. The average molecular weight is 338 g/mol. The van der Waals surface area contributed by atoms with E-state index in [0.29, 0.717) is 11.8 Å². The van der Waals surface area contributed by atoms with E-state index in [0.717, 1.165) is 53.8 Å². The van der Waals surface area contributed by atoms with Crippen LogP contribution in [0.25, 0.3) is 0 Å². The van der Waals surface area contributed by atoms with Gasteiger partial charge in [0.15, 0.2) is 0 Å². The highest BCUT2D eigenvalue weighted by molar-refractivity contribution is 5.74. The molecule has 6 bridgehead atoms. The smallest absolute Gasteiger partial charge is 0.309 e. The van der Waals surface area contributed by atoms with Crippen molar-refractivity contribution in [2.45, 2.75) is 57.5 Å². The summed E-state index contributed by atoms with van der Waals surface area (Å²) in [6, 6.07) is 0. The lowest BCUT2D eigenvalue weighted by Gasteiger charge is -2.43. The Hall–Kier alpha value is -0.790. The molecule has 2 nitrogen and oxygen atoms in total. The molecule has 0 aliphatic heterocycles. The molecule has 12 unspecified atom stereocenters. The minimum absolute atomic E-state index is 0.160. The van der Waals surface area contributed by atoms with Gasteiger partial charge in [-0.05, 0) is 104 Å². The first-order valence-corrected chi connectivity index (χ1v) is 11.2. The quantitative estimate of drug-likeness (QED) is 0.422. The predicted molar refractivity (Wildman–Crippen MR) is 94.3 cm³/mol. The maximum absolute atomic E-state index is 12.8. The van der Waals surface area contributed by atoms with Gasteiger partial charge in [-0.3, -0.25) is 4.79 Å². The second kappa shape index (κ2) is 4.73. The zero-order valence-electron chi connectivity index (χ0n) is 15.1. The number of esters is 1. The third-order valence-corrected chi connectivity index (χ3v) is 10.2. The molecule has 7 aliphatic rings. The second-order valence-electron chi connectivity index (χ2n) is 10.7. The summed E-state index contributed by atoms with van der Waals surface area (Å²) in [6.07, 6.45) is 15.8. The largest absolute Gasteiger partial charge is 0.462 e. The SMILES string of the molecule is O=C(OC1CC2CC1C1C3CC(C4CCCC43)C21)C1CC2C=CC1C2. The maximum Gasteiger partial charge on any atom is 0.309 e. The van der Waals surface area contributed by atoms with Crippen molar-refractivity contribution in [3.63, 3.8) is 0 Å². The molecule has 7 aliphatic carbocycles. The molecule has 0 radical (unpaired) electrons. The fraction of sp³-hybridized carbons (Fsp3) is 0.870. The van der Waals surface area contributed by atoms with E-state index < -0.39 is 0 Å². The number of carbonyl (C=O) groups is 1. The third-order valence-electron chi connectivity index (χ3n) is 10.2. The van der Waals surface area contributed by atoms with Gasteiger partial charge in [0.05, 0.1) is 5.92 Å². The molecule has 0 heterocycles. The van der Waals surface area contributed by atoms with Gasteiger partial charge in [-0.25, -0.2) is 0 Å². The zero-order chi connectivity index (χ0) is 16.3. The van der Waals surface area contributed by atoms with Gasteiger partial charge in [0.25, 0.3) is 0 Å². The molecule has 134 valence electrons. The van der Waals surface area contributed by atoms with E-state index in [4.69, 9.17) is 4.74 Å². The fourth-order valence-electron chi connectivity index (χ4n) is 9.68. The summed E-state index contributed by atoms with van der Waals surface area (Å²) in [6.45, 7) is 0. The molecular formula is C23H30O2. The van der Waals surface area contributed by atoms with Crippen molar-refractivity contribution in [3.8, 4) is 0 Å². The minimum Gasteiger partial charge on any atom is -0.462 e. The Labute approximate surface area is 150 Å². The molecule has 2 heteroatoms. The summed E-state index contributed by atoms with van der Waals surface area (Å²) in [5.74, 6) is 9.28. The van der Waals surface area contributed by atoms with Crippen LogP contribution in [0.4, 0.5) is 0 Å². The van der Waals surface area contributed by atoms with Gasteiger partial charge in [-0.1, -0.05) is 18.6 Å². The Kier molecular flexibility index (Phi) is 2.70. The molecule has 25 heavy (non-hydrogen) atoms. The van der Waals surface area contributed by atoms with E-state index in [1.165, 1.54) is 44.9 Å². The van der Waals surface area contributed by atoms with Gasteiger partial charge >= 0.3 is 5.97 Å². The predicted octanol–water partition coefficient (Wildman–Crippen LogP) is 4.45. The molecule has 6 saturated carbocycles. The van der Waals surface area contributed by atoms with Crippen LogP contribution in [0.15, 0.2) is 12.2 Å². The first kappa shape index (κ1) is 14.3. The standard InChI is InChI=1S/C23H30O2/c24-23(16-7-11-4-5-12(16)6-11)25-20-9-13-8-19(20)22-18-10-17(21(13)22)14-2-1-3-15(14)18/h4-5,11-22H,1-3,6-10H2. The number of hydrogen-bond donors (Lipinski definition) is 0. The fourth-order valence-corrected chi connectivity index (χ4v) is 9.68. The molecule has 0 aromatic rings. The highest BCUT2D eigenvalue weighted by atomic mass is 16.5. The number of ether oxygens (including phenoxy) is 1. The molecule has 0 spiro atoms. The Morgan fingerprint density at radius 1 is 0.800 bits per heavy atom. The van der Waals surface area contributed by atoms with E-state index >= 15 is 0 Å². The van der Waals surface area contributed by atoms with Crippen molar-refractivity contribution < 1.29 is 9.53 Å². The van der Waals surface area contributed by atoms with Crippen LogP contribution in [0, 0.1) is 65.1 Å². The average Bonchev–Trinajstić information content (AvgIpc) is 3.44. The van der Waals surface area contributed by atoms with Gasteiger partial charge in [-0.2, -0.15) is 0 Å². The van der Waals surface area contributed by atoms with Crippen molar-refractivity contribution in [3.05, 3.63) is 12.2 Å². The summed E-state index contributed by atoms with van der Waals surface area (Å²) >= 11 is 0. The molecule has 0 aromatic carbocycles. The van der Waals surface area contributed by atoms with Crippen LogP contribution in [0.1, 0.15) is 51.4 Å². The van der Waals surface area contributed by atoms with E-state index in [1.54, 1.807) is 0 Å². The molecular weight excluding hydrogens is 308 g/mol. The number of carbonyl (C=O) groups excluding carboxylic acids is 1. The third kappa shape index (κ3) is 1.71. The van der Waals surface area contributed by atoms with Crippen molar-refractivity contribution >= 4 is 5.97 Å². The molecule has 6 fully saturated rings. The van der Waals surface area contributed by atoms with Crippen molar-refractivity contribution in [2.24, 2.45) is 65.1 Å². The zero-order valence-corrected chi connectivity index (χ0v) is 15.1. The lowest BCUT2D eigenvalue weighted by Crippen LogP contribution is -2.42. The number of hydrogen-bond acceptors (Lipinski definition) is 2. The van der Waals surface area contributed by atoms with Crippen molar-refractivity contribution in [2.75, 3.05) is 0 Å². The summed E-state index contributed by atoms with van der Waals surface area (Å²) in [5.41, 5.74) is 0. The van der Waals surface area contributed by atoms with Crippen molar-refractivity contribution in [1.29, 1.82) is 0 Å². The van der Waals surface area contributed by atoms with E-state index in [9.17, 15) is 4.79 Å². The van der Waals surface area contributed by atoms with E-state index in [2.05, 4.69) is 12.2 Å². The Morgan fingerprint density at radius 2 is 1.64 bits per heavy atom. The summed E-state index contributed by atoms with van der Waals surface area (Å²) in [7, 11) is 0. The highest BCUT2D eigenvalue weighted by Gasteiger charge is 2.68. The summed E-state index contributed by atoms with van der Waals surface area (Å²) < 4.78 is 6.24. The van der Waals surface area contributed by atoms with Gasteiger partial charge in [0.1, 0.15) is 6.10 Å². The Bertz CT molecular complexity index is 652. The first-order valence-electron chi connectivity index (χ1n) is 11.2. The Balaban J connectivity index is 1.10. The summed E-state index contributed by atoms with van der Waals surface area (Å²) in [4.78, 5) is 12.8. The van der Waals surface area contributed by atoms with Crippen LogP contribution in [-0.2, 0) is 9.53 Å². The maximum atomic E-state index is 12.8. The van der Waals surface area contributed by atoms with E-state index in [1.807, 2.05) is 0 Å². The minimum atomic E-state index is 0.160. The van der Waals surface area contributed by atoms with Crippen LogP contribution in [0.5, 0.6) is 0 Å². The van der Waals surface area contributed by atoms with Crippen LogP contribution < -0.4 is 0 Å². The van der Waals surface area contributed by atoms with Gasteiger partial charge < -0.3 is 4.74 Å². The molecule has 0 aromatic heterocycles. The van der Waals surface area contributed by atoms with Crippen LogP contribution >= 0.6 is 0 Å². The normalized spacial score (nSPS) is 61.9. The topological polar surface area (TPSA) is 26.3 Å². The van der Waals surface area contributed by atoms with Crippen LogP contribution in [0.3, 0.4) is 0 Å². The van der Waals surface area contributed by atoms with Crippen LogP contribution in [0.2, 0.25) is 0 Å². The van der Waals surface area contributed by atoms with Crippen molar-refractivity contribution in [1.82, 2.24) is 0 Å².